The van der Waals surface area contributed by atoms with Crippen LogP contribution in [0.25, 0.3) is 10.9 Å². The lowest BCUT2D eigenvalue weighted by Crippen LogP contribution is -2.52. The molecule has 2 aromatic heterocycles. The molecular weight excluding hydrogens is 908 g/mol. The van der Waals surface area contributed by atoms with Gasteiger partial charge in [0.2, 0.25) is 23.6 Å². The monoisotopic (exact) mass is 964 g/mol. The van der Waals surface area contributed by atoms with E-state index >= 15 is 0 Å². The quantitative estimate of drug-likeness (QED) is 0.0500. The molecule has 0 radical (unpaired) electrons. The van der Waals surface area contributed by atoms with Gasteiger partial charge in [0.05, 0.1) is 23.9 Å². The zero-order valence-electron chi connectivity index (χ0n) is 39.6. The van der Waals surface area contributed by atoms with Gasteiger partial charge < -0.3 is 35.2 Å². The molecule has 4 N–H and O–H groups in total. The summed E-state index contributed by atoms with van der Waals surface area (Å²) in [7, 11) is 1.69. The number of benzene rings is 3. The molecule has 1 aliphatic carbocycles. The van der Waals surface area contributed by atoms with Gasteiger partial charge in [-0.05, 0) is 129 Å². The first-order valence-electron chi connectivity index (χ1n) is 24.7. The van der Waals surface area contributed by atoms with E-state index in [9.17, 15) is 28.4 Å². The number of rotatable bonds is 16. The molecule has 6 aliphatic rings. The molecule has 368 valence electrons. The predicted molar refractivity (Wildman–Crippen MR) is 264 cm³/mol. The summed E-state index contributed by atoms with van der Waals surface area (Å²) < 4.78 is 25.7. The fraction of sp³-hybridized carbons (Fsp3) is 0.415. The van der Waals surface area contributed by atoms with E-state index in [0.717, 1.165) is 98.8 Å². The van der Waals surface area contributed by atoms with Crippen LogP contribution in [0.5, 0.6) is 17.2 Å². The van der Waals surface area contributed by atoms with Crippen molar-refractivity contribution in [2.75, 3.05) is 73.8 Å². The fourth-order valence-corrected chi connectivity index (χ4v) is 11.2. The number of aromatic nitrogens is 2. The summed E-state index contributed by atoms with van der Waals surface area (Å²) in [4.78, 5) is 81.9. The molecule has 1 unspecified atom stereocenters. The Bertz CT molecular complexity index is 2890. The number of likely N-dealkylation sites (tertiary alicyclic amines) is 2. The van der Waals surface area contributed by atoms with Crippen molar-refractivity contribution in [1.29, 1.82) is 0 Å². The third-order valence-electron chi connectivity index (χ3n) is 15.3. The minimum Gasteiger partial charge on any atom is -0.495 e. The molecule has 3 atom stereocenters. The van der Waals surface area contributed by atoms with E-state index in [-0.39, 0.29) is 24.1 Å². The van der Waals surface area contributed by atoms with Crippen molar-refractivity contribution in [1.82, 2.24) is 30.0 Å². The Morgan fingerprint density at radius 2 is 1.58 bits per heavy atom. The molecule has 0 spiro atoms. The number of fused-ring (bicyclic) bond motifs is 4. The lowest BCUT2D eigenvalue weighted by Gasteiger charge is -2.39. The first kappa shape index (κ1) is 46.2. The number of nitrogens with zero attached hydrogens (tertiary/aromatic N) is 6. The third-order valence-corrected chi connectivity index (χ3v) is 15.3. The number of nitrogens with one attached hydrogen (secondary N) is 4. The number of piperidine rings is 2. The zero-order chi connectivity index (χ0) is 48.8. The molecule has 18 heteroatoms. The molecule has 5 aliphatic heterocycles. The van der Waals surface area contributed by atoms with E-state index in [1.54, 1.807) is 48.7 Å². The maximum Gasteiger partial charge on any atom is 0.256 e. The van der Waals surface area contributed by atoms with Crippen molar-refractivity contribution in [3.8, 4) is 17.2 Å². The Morgan fingerprint density at radius 1 is 0.859 bits per heavy atom. The number of anilines is 4. The number of carbonyl (C=O) groups excluding carboxylic acids is 5. The summed E-state index contributed by atoms with van der Waals surface area (Å²) in [6.45, 7) is 7.32. The van der Waals surface area contributed by atoms with E-state index in [0.29, 0.717) is 72.2 Å². The average molecular weight is 965 g/mol. The summed E-state index contributed by atoms with van der Waals surface area (Å²) in [6.07, 6.45) is 9.16. The Hall–Kier alpha value is -7.18. The summed E-state index contributed by atoms with van der Waals surface area (Å²) in [5, 5.41) is 12.2. The van der Waals surface area contributed by atoms with Crippen molar-refractivity contribution in [3.05, 3.63) is 102 Å². The van der Waals surface area contributed by atoms with E-state index < -0.39 is 29.1 Å². The summed E-state index contributed by atoms with van der Waals surface area (Å²) in [6, 6.07) is 20.8. The smallest absolute Gasteiger partial charge is 0.256 e. The van der Waals surface area contributed by atoms with Crippen LogP contribution in [-0.4, -0.2) is 125 Å². The predicted octanol–water partition coefficient (Wildman–Crippen LogP) is 6.17. The first-order chi connectivity index (χ1) is 34.5. The molecule has 71 heavy (non-hydrogen) atoms. The van der Waals surface area contributed by atoms with Crippen molar-refractivity contribution >= 4 is 63.3 Å². The summed E-state index contributed by atoms with van der Waals surface area (Å²) in [5.41, 5.74) is 2.98. The van der Waals surface area contributed by atoms with Gasteiger partial charge in [0.15, 0.2) is 0 Å². The number of halogens is 1. The topological polar surface area (TPSA) is 191 Å². The highest BCUT2D eigenvalue weighted by molar-refractivity contribution is 6.17. The van der Waals surface area contributed by atoms with Gasteiger partial charge in [0, 0.05) is 100 Å². The highest BCUT2D eigenvalue weighted by Gasteiger charge is 2.56. The molecule has 3 aromatic carbocycles. The molecule has 2 bridgehead atoms. The van der Waals surface area contributed by atoms with Gasteiger partial charge in [-0.2, -0.15) is 0 Å². The van der Waals surface area contributed by atoms with Crippen LogP contribution in [0.2, 0.25) is 0 Å². The number of ether oxygens (including phenoxy) is 2. The average Bonchev–Trinajstić information content (AvgIpc) is 3.84. The Kier molecular flexibility index (Phi) is 12.5. The molecule has 5 amide bonds. The normalized spacial score (nSPS) is 21.8. The molecule has 5 fully saturated rings. The molecule has 17 nitrogen and oxygen atoms in total. The van der Waals surface area contributed by atoms with E-state index in [1.165, 1.54) is 30.7 Å². The van der Waals surface area contributed by atoms with Gasteiger partial charge >= 0.3 is 0 Å². The molecular formula is C53H57FN10O7. The van der Waals surface area contributed by atoms with Crippen molar-refractivity contribution in [2.24, 2.45) is 11.3 Å². The number of piperazine rings is 1. The number of pyridine rings is 2. The second kappa shape index (κ2) is 19.2. The van der Waals surface area contributed by atoms with Gasteiger partial charge in [-0.15, -0.1) is 0 Å². The van der Waals surface area contributed by atoms with Crippen LogP contribution in [0.3, 0.4) is 0 Å². The van der Waals surface area contributed by atoms with Gasteiger partial charge in [0.1, 0.15) is 40.3 Å². The summed E-state index contributed by atoms with van der Waals surface area (Å²) >= 11 is 0. The standard InChI is InChI=1S/C53H57FN10O7/c1-70-46-25-40-42(55-19-13-45(40)71-39-9-7-36(8-10-39)59-52(69)53(16-17-53)51(68)58-35-5-3-34(54)4-6-35)26-44(46)61-21-14-32(15-22-61)28-63-31-37-24-38(63)30-62(37)20-2-18-56-47-23-33-29-64(50(67)41(33)27-57-47)43-11-12-48(65)60-49(43)66/h3-10,13,19,23,25-27,32,37-38,43H,2,11-12,14-18,20-22,24,28-31H2,1H3,(H,56,57)(H,58,68)(H,59,69)(H,60,65,66)/t37-,38-,43?/m1/s1. The Labute approximate surface area is 410 Å². The second-order valence-electron chi connectivity index (χ2n) is 19.8. The molecule has 7 heterocycles. The van der Waals surface area contributed by atoms with Crippen LogP contribution >= 0.6 is 0 Å². The third kappa shape index (κ3) is 9.45. The van der Waals surface area contributed by atoms with E-state index in [4.69, 9.17) is 14.5 Å². The van der Waals surface area contributed by atoms with Gasteiger partial charge in [-0.1, -0.05) is 0 Å². The SMILES string of the molecule is COc1cc2c(Oc3ccc(NC(=O)C4(C(=O)Nc5ccc(F)cc5)CC4)cc3)ccnc2cc1N1CCC(CN2C[C@H]3C[C@@H]2CN3CCCNc2cc3c(cn2)C(=O)N(C2CCC(=O)NC2=O)C3)CC1. The van der Waals surface area contributed by atoms with Crippen LogP contribution < -0.4 is 35.6 Å². The van der Waals surface area contributed by atoms with Crippen LogP contribution in [0.1, 0.15) is 67.3 Å². The lowest BCUT2D eigenvalue weighted by molar-refractivity contribution is -0.137. The highest BCUT2D eigenvalue weighted by atomic mass is 19.1. The number of hydrogen-bond donors (Lipinski definition) is 4. The lowest BCUT2D eigenvalue weighted by atomic mass is 9.95. The maximum absolute atomic E-state index is 13.3. The van der Waals surface area contributed by atoms with Crippen LogP contribution in [-0.2, 0) is 25.7 Å². The van der Waals surface area contributed by atoms with Gasteiger partial charge in [0.25, 0.3) is 5.91 Å². The minimum atomic E-state index is -1.17. The molecule has 5 aromatic rings. The van der Waals surface area contributed by atoms with E-state index in [1.807, 2.05) is 18.2 Å². The van der Waals surface area contributed by atoms with Crippen LogP contribution in [0, 0.1) is 17.2 Å². The number of imide groups is 1. The van der Waals surface area contributed by atoms with Crippen LogP contribution in [0.15, 0.2) is 85.2 Å². The largest absolute Gasteiger partial charge is 0.495 e. The summed E-state index contributed by atoms with van der Waals surface area (Å²) in [5.74, 6) is 1.17. The van der Waals surface area contributed by atoms with Crippen molar-refractivity contribution in [2.45, 2.75) is 76.0 Å². The maximum atomic E-state index is 13.3. The first-order valence-corrected chi connectivity index (χ1v) is 24.7. The van der Waals surface area contributed by atoms with Gasteiger partial charge in [-0.3, -0.25) is 44.1 Å². The minimum absolute atomic E-state index is 0.214. The highest BCUT2D eigenvalue weighted by Crippen LogP contribution is 2.48. The number of carbonyl (C=O) groups is 5. The number of hydrogen-bond acceptors (Lipinski definition) is 13. The number of amides is 5. The Balaban J connectivity index is 0.627. The second-order valence-corrected chi connectivity index (χ2v) is 19.8. The fourth-order valence-electron chi connectivity index (χ4n) is 11.2. The van der Waals surface area contributed by atoms with Crippen LogP contribution in [0.4, 0.5) is 27.3 Å². The van der Waals surface area contributed by atoms with E-state index in [2.05, 4.69) is 47.0 Å². The molecule has 11 rings (SSSR count). The Morgan fingerprint density at radius 3 is 2.27 bits per heavy atom. The zero-order valence-corrected chi connectivity index (χ0v) is 39.6. The number of methoxy groups -OCH3 is 1. The van der Waals surface area contributed by atoms with Crippen molar-refractivity contribution < 1.29 is 37.8 Å². The molecule has 1 saturated carbocycles. The van der Waals surface area contributed by atoms with Crippen molar-refractivity contribution in [3.63, 3.8) is 0 Å². The molecule has 4 saturated heterocycles. The van der Waals surface area contributed by atoms with Gasteiger partial charge in [-0.25, -0.2) is 9.37 Å².